The van der Waals surface area contributed by atoms with E-state index in [4.69, 9.17) is 0 Å². The Kier molecular flexibility index (Phi) is 1.64. The van der Waals surface area contributed by atoms with E-state index in [1.54, 1.807) is 0 Å². The maximum absolute atomic E-state index is 12.0. The molecule has 0 spiro atoms. The number of nitrogens with zero attached hydrogens (tertiary/aromatic N) is 1. The van der Waals surface area contributed by atoms with Crippen molar-refractivity contribution in [2.75, 3.05) is 13.1 Å². The summed E-state index contributed by atoms with van der Waals surface area (Å²) in [5.74, 6) is 0.110. The number of rotatable bonds is 0. The van der Waals surface area contributed by atoms with Gasteiger partial charge in [-0.25, -0.2) is 0 Å². The van der Waals surface area contributed by atoms with Crippen LogP contribution in [-0.2, 0) is 6.54 Å². The van der Waals surface area contributed by atoms with E-state index >= 15 is 0 Å². The minimum absolute atomic E-state index is 0.110. The molecule has 17 heavy (non-hydrogen) atoms. The van der Waals surface area contributed by atoms with Crippen molar-refractivity contribution in [1.29, 1.82) is 0 Å². The summed E-state index contributed by atoms with van der Waals surface area (Å²) in [5, 5.41) is 4.36. The smallest absolute Gasteiger partial charge is 0.184 e. The first kappa shape index (κ1) is 9.13. The van der Waals surface area contributed by atoms with Crippen molar-refractivity contribution in [3.05, 3.63) is 35.0 Å². The van der Waals surface area contributed by atoms with Crippen LogP contribution in [0.25, 0.3) is 10.9 Å². The third-order valence-electron chi connectivity index (χ3n) is 3.50. The zero-order valence-electron chi connectivity index (χ0n) is 9.21. The lowest BCUT2D eigenvalue weighted by molar-refractivity contribution is 0.100. The van der Waals surface area contributed by atoms with Crippen LogP contribution in [0, 0.1) is 0 Å². The van der Waals surface area contributed by atoms with Crippen LogP contribution in [0.1, 0.15) is 21.6 Å². The summed E-state index contributed by atoms with van der Waals surface area (Å²) in [6.07, 6.45) is 0. The molecule has 4 rings (SSSR count). The Labute approximate surface area is 97.7 Å². The molecule has 4 nitrogen and oxygen atoms in total. The Morgan fingerprint density at radius 2 is 2.18 bits per heavy atom. The third kappa shape index (κ3) is 1.10. The van der Waals surface area contributed by atoms with Crippen molar-refractivity contribution in [3.63, 3.8) is 0 Å². The van der Waals surface area contributed by atoms with Crippen molar-refractivity contribution in [3.8, 4) is 0 Å². The van der Waals surface area contributed by atoms with Crippen molar-refractivity contribution in [2.24, 2.45) is 4.99 Å². The molecule has 1 aromatic heterocycles. The van der Waals surface area contributed by atoms with Gasteiger partial charge in [0, 0.05) is 40.8 Å². The molecule has 4 heteroatoms. The molecule has 84 valence electrons. The number of ketones is 1. The van der Waals surface area contributed by atoms with E-state index in [2.05, 4.69) is 15.3 Å². The lowest BCUT2D eigenvalue weighted by atomic mass is 9.98. The van der Waals surface area contributed by atoms with Gasteiger partial charge in [-0.2, -0.15) is 0 Å². The molecule has 0 unspecified atom stereocenters. The summed E-state index contributed by atoms with van der Waals surface area (Å²) in [6, 6.07) is 5.85. The van der Waals surface area contributed by atoms with Crippen LogP contribution >= 0.6 is 0 Å². The number of carbonyl (C=O) groups excluding carboxylic acids is 1. The SMILES string of the molecule is O=C1CN=C2CNCc3[nH]c4cccc1c4c32. The second kappa shape index (κ2) is 3.05. The molecule has 2 aromatic rings. The summed E-state index contributed by atoms with van der Waals surface area (Å²) in [4.78, 5) is 19.9. The number of benzene rings is 1. The summed E-state index contributed by atoms with van der Waals surface area (Å²) >= 11 is 0. The number of aromatic nitrogens is 1. The van der Waals surface area contributed by atoms with Crippen LogP contribution in [0.5, 0.6) is 0 Å². The van der Waals surface area contributed by atoms with Gasteiger partial charge in [-0.1, -0.05) is 12.1 Å². The summed E-state index contributed by atoms with van der Waals surface area (Å²) < 4.78 is 0. The van der Waals surface area contributed by atoms with Crippen LogP contribution in [0.3, 0.4) is 0 Å². The van der Waals surface area contributed by atoms with E-state index in [0.717, 1.165) is 46.5 Å². The summed E-state index contributed by atoms with van der Waals surface area (Å²) in [6.45, 7) is 1.84. The minimum Gasteiger partial charge on any atom is -0.357 e. The fourth-order valence-corrected chi connectivity index (χ4v) is 2.77. The highest BCUT2D eigenvalue weighted by Crippen LogP contribution is 2.30. The van der Waals surface area contributed by atoms with Gasteiger partial charge >= 0.3 is 0 Å². The molecular formula is C13H11N3O. The van der Waals surface area contributed by atoms with Gasteiger partial charge in [0.2, 0.25) is 0 Å². The molecule has 1 aromatic carbocycles. The molecule has 0 radical (unpaired) electrons. The van der Waals surface area contributed by atoms with Crippen molar-refractivity contribution < 1.29 is 4.79 Å². The highest BCUT2D eigenvalue weighted by molar-refractivity contribution is 6.22. The van der Waals surface area contributed by atoms with Gasteiger partial charge in [0.05, 0.1) is 5.71 Å². The number of hydrogen-bond donors (Lipinski definition) is 2. The van der Waals surface area contributed by atoms with Gasteiger partial charge in [-0.3, -0.25) is 9.79 Å². The number of nitrogens with one attached hydrogen (secondary N) is 2. The van der Waals surface area contributed by atoms with Crippen molar-refractivity contribution in [1.82, 2.24) is 10.3 Å². The van der Waals surface area contributed by atoms with Gasteiger partial charge in [0.15, 0.2) is 5.78 Å². The molecule has 0 fully saturated rings. The molecule has 2 aliphatic heterocycles. The summed E-state index contributed by atoms with van der Waals surface area (Å²) in [7, 11) is 0. The lowest BCUT2D eigenvalue weighted by Crippen LogP contribution is -2.30. The molecule has 0 saturated heterocycles. The minimum atomic E-state index is 0.110. The first-order valence-electron chi connectivity index (χ1n) is 5.76. The predicted octanol–water partition coefficient (Wildman–Crippen LogP) is 1.26. The zero-order valence-corrected chi connectivity index (χ0v) is 9.21. The average Bonchev–Trinajstić information content (AvgIpc) is 2.67. The largest absolute Gasteiger partial charge is 0.357 e. The van der Waals surface area contributed by atoms with Crippen LogP contribution in [0.2, 0.25) is 0 Å². The quantitative estimate of drug-likeness (QED) is 0.709. The number of aromatic amines is 1. The molecule has 0 atom stereocenters. The third-order valence-corrected chi connectivity index (χ3v) is 3.50. The molecule has 0 amide bonds. The fourth-order valence-electron chi connectivity index (χ4n) is 2.77. The van der Waals surface area contributed by atoms with Crippen LogP contribution in [0.15, 0.2) is 23.2 Å². The molecule has 2 aliphatic rings. The van der Waals surface area contributed by atoms with Gasteiger partial charge < -0.3 is 10.3 Å². The number of aliphatic imine (C=N–C) groups is 1. The van der Waals surface area contributed by atoms with E-state index in [0.29, 0.717) is 0 Å². The highest BCUT2D eigenvalue weighted by atomic mass is 16.1. The first-order chi connectivity index (χ1) is 8.34. The van der Waals surface area contributed by atoms with Crippen LogP contribution in [-0.4, -0.2) is 29.6 Å². The number of Topliss-reactive ketones (excluding diaryl/α,β-unsaturated/α-hetero) is 1. The van der Waals surface area contributed by atoms with E-state index in [9.17, 15) is 4.79 Å². The Morgan fingerprint density at radius 3 is 3.12 bits per heavy atom. The number of carbonyl (C=O) groups is 1. The first-order valence-corrected chi connectivity index (χ1v) is 5.76. The topological polar surface area (TPSA) is 57.2 Å². The second-order valence-corrected chi connectivity index (χ2v) is 4.50. The fraction of sp³-hybridized carbons (Fsp3) is 0.231. The summed E-state index contributed by atoms with van der Waals surface area (Å²) in [5.41, 5.74) is 5.16. The van der Waals surface area contributed by atoms with Gasteiger partial charge in [0.25, 0.3) is 0 Å². The predicted molar refractivity (Wildman–Crippen MR) is 65.7 cm³/mol. The second-order valence-electron chi connectivity index (χ2n) is 4.50. The lowest BCUT2D eigenvalue weighted by Gasteiger charge is -2.14. The van der Waals surface area contributed by atoms with Gasteiger partial charge in [0.1, 0.15) is 6.54 Å². The van der Waals surface area contributed by atoms with Gasteiger partial charge in [-0.05, 0) is 6.07 Å². The molecule has 0 aliphatic carbocycles. The maximum Gasteiger partial charge on any atom is 0.184 e. The molecule has 3 heterocycles. The number of H-pyrrole nitrogens is 1. The van der Waals surface area contributed by atoms with Crippen LogP contribution < -0.4 is 5.32 Å². The Morgan fingerprint density at radius 1 is 1.24 bits per heavy atom. The van der Waals surface area contributed by atoms with Gasteiger partial charge in [-0.15, -0.1) is 0 Å². The van der Waals surface area contributed by atoms with E-state index in [1.165, 1.54) is 0 Å². The van der Waals surface area contributed by atoms with Crippen LogP contribution in [0.4, 0.5) is 0 Å². The average molecular weight is 225 g/mol. The molecular weight excluding hydrogens is 214 g/mol. The standard InChI is InChI=1S/C13H11N3O/c17-11-6-15-9-4-14-5-10-13(9)12-7(11)2-1-3-8(12)16-10/h1-3,14,16H,4-6H2. The Bertz CT molecular complexity index is 681. The Hall–Kier alpha value is -1.94. The van der Waals surface area contributed by atoms with Crippen molar-refractivity contribution >= 4 is 22.4 Å². The van der Waals surface area contributed by atoms with E-state index < -0.39 is 0 Å². The monoisotopic (exact) mass is 225 g/mol. The maximum atomic E-state index is 12.0. The van der Waals surface area contributed by atoms with E-state index in [1.807, 2.05) is 18.2 Å². The van der Waals surface area contributed by atoms with E-state index in [-0.39, 0.29) is 12.3 Å². The highest BCUT2D eigenvalue weighted by Gasteiger charge is 2.26. The normalized spacial score (nSPS) is 18.1. The molecule has 2 N–H and O–H groups in total. The molecule has 0 bridgehead atoms. The number of hydrogen-bond acceptors (Lipinski definition) is 3. The van der Waals surface area contributed by atoms with Crippen molar-refractivity contribution in [2.45, 2.75) is 6.54 Å². The molecule has 0 saturated carbocycles. The Balaban J connectivity index is 2.22. The zero-order chi connectivity index (χ0) is 11.4.